The summed E-state index contributed by atoms with van der Waals surface area (Å²) in [4.78, 5) is 0. The Morgan fingerprint density at radius 3 is 1.82 bits per heavy atom. The van der Waals surface area contributed by atoms with Crippen LogP contribution >= 0.6 is 0 Å². The summed E-state index contributed by atoms with van der Waals surface area (Å²) in [6, 6.07) is 5.19. The first-order chi connectivity index (χ1) is 7.72. The number of alkyl halides is 3. The summed E-state index contributed by atoms with van der Waals surface area (Å²) in [7, 11) is -5.56. The molecule has 0 radical (unpaired) electrons. The molecule has 1 aromatic carbocycles. The van der Waals surface area contributed by atoms with Gasteiger partial charge in [-0.25, -0.2) is 0 Å². The molecule has 0 saturated carbocycles. The molecule has 0 saturated heterocycles. The molecule has 0 aromatic heterocycles. The highest BCUT2D eigenvalue weighted by Crippen LogP contribution is 2.26. The first-order valence-electron chi connectivity index (χ1n) is 4.80. The van der Waals surface area contributed by atoms with E-state index in [9.17, 15) is 21.6 Å². The number of halogens is 3. The standard InChI is InChI=1S/C8H7F3O3S.C2H6/c1-6-2-4-7(5-3-6)14-15(12,13)8(9,10)11;1-2/h2-5H,1H3;1-2H3. The summed E-state index contributed by atoms with van der Waals surface area (Å²) in [6.07, 6.45) is 0. The first kappa shape index (κ1) is 15.8. The molecule has 0 heterocycles. The Labute approximate surface area is 98.3 Å². The Bertz CT molecular complexity index is 435. The van der Waals surface area contributed by atoms with Gasteiger partial charge in [-0.05, 0) is 19.1 Å². The zero-order valence-electron chi connectivity index (χ0n) is 9.58. The van der Waals surface area contributed by atoms with Crippen LogP contribution in [0.4, 0.5) is 13.2 Å². The molecule has 0 aliphatic rings. The van der Waals surface area contributed by atoms with Gasteiger partial charge in [-0.15, -0.1) is 0 Å². The maximum absolute atomic E-state index is 11.9. The van der Waals surface area contributed by atoms with E-state index in [2.05, 4.69) is 4.18 Å². The predicted molar refractivity (Wildman–Crippen MR) is 58.1 cm³/mol. The topological polar surface area (TPSA) is 43.4 Å². The van der Waals surface area contributed by atoms with Crippen LogP contribution in [0.25, 0.3) is 0 Å². The summed E-state index contributed by atoms with van der Waals surface area (Å²) in [5.74, 6) is -0.363. The van der Waals surface area contributed by atoms with Crippen LogP contribution in [0, 0.1) is 6.92 Å². The van der Waals surface area contributed by atoms with Crippen LogP contribution in [0.15, 0.2) is 24.3 Å². The van der Waals surface area contributed by atoms with Crippen molar-refractivity contribution in [1.82, 2.24) is 0 Å². The highest BCUT2D eigenvalue weighted by atomic mass is 32.2. The lowest BCUT2D eigenvalue weighted by atomic mass is 10.2. The van der Waals surface area contributed by atoms with Crippen molar-refractivity contribution in [2.45, 2.75) is 26.3 Å². The number of rotatable bonds is 2. The van der Waals surface area contributed by atoms with Crippen LogP contribution in [-0.4, -0.2) is 13.9 Å². The fraction of sp³-hybridized carbons (Fsp3) is 0.400. The molecule has 0 spiro atoms. The Morgan fingerprint density at radius 2 is 1.47 bits per heavy atom. The van der Waals surface area contributed by atoms with Crippen molar-refractivity contribution < 1.29 is 25.8 Å². The summed E-state index contributed by atoms with van der Waals surface area (Å²) in [5.41, 5.74) is -4.62. The maximum atomic E-state index is 11.9. The summed E-state index contributed by atoms with van der Waals surface area (Å²) in [5, 5.41) is 0. The molecule has 0 atom stereocenters. The minimum Gasteiger partial charge on any atom is -0.376 e. The van der Waals surface area contributed by atoms with E-state index >= 15 is 0 Å². The number of benzene rings is 1. The van der Waals surface area contributed by atoms with Crippen LogP contribution in [0.2, 0.25) is 0 Å². The molecule has 0 fully saturated rings. The number of hydrogen-bond donors (Lipinski definition) is 0. The van der Waals surface area contributed by atoms with Gasteiger partial charge in [0, 0.05) is 0 Å². The molecule has 0 N–H and O–H groups in total. The van der Waals surface area contributed by atoms with Crippen LogP contribution in [0.1, 0.15) is 19.4 Å². The molecule has 0 aliphatic carbocycles. The van der Waals surface area contributed by atoms with Crippen LogP contribution in [0.5, 0.6) is 5.75 Å². The van der Waals surface area contributed by atoms with Crippen molar-refractivity contribution in [1.29, 1.82) is 0 Å². The Balaban J connectivity index is 0.00000121. The van der Waals surface area contributed by atoms with E-state index in [1.54, 1.807) is 6.92 Å². The van der Waals surface area contributed by atoms with E-state index in [1.165, 1.54) is 12.1 Å². The van der Waals surface area contributed by atoms with Gasteiger partial charge in [0.25, 0.3) is 0 Å². The fourth-order valence-electron chi connectivity index (χ4n) is 0.768. The van der Waals surface area contributed by atoms with Gasteiger partial charge in [0.05, 0.1) is 0 Å². The molecule has 3 nitrogen and oxygen atoms in total. The second kappa shape index (κ2) is 5.90. The molecule has 0 unspecified atom stereocenters. The summed E-state index contributed by atoms with van der Waals surface area (Å²) >= 11 is 0. The second-order valence-corrected chi connectivity index (χ2v) is 4.33. The SMILES string of the molecule is CC.Cc1ccc(OS(=O)(=O)C(F)(F)F)cc1. The normalized spacial score (nSPS) is 11.4. The highest BCUT2D eigenvalue weighted by molar-refractivity contribution is 7.87. The maximum Gasteiger partial charge on any atom is 0.534 e. The van der Waals surface area contributed by atoms with Crippen molar-refractivity contribution in [3.05, 3.63) is 29.8 Å². The average molecular weight is 270 g/mol. The van der Waals surface area contributed by atoms with E-state index < -0.39 is 15.6 Å². The zero-order valence-corrected chi connectivity index (χ0v) is 10.4. The van der Waals surface area contributed by atoms with Gasteiger partial charge in [0.15, 0.2) is 0 Å². The minimum absolute atomic E-state index is 0.363. The molecule has 0 amide bonds. The molecule has 1 rings (SSSR count). The van der Waals surface area contributed by atoms with E-state index in [0.717, 1.165) is 17.7 Å². The Kier molecular flexibility index (Phi) is 5.47. The van der Waals surface area contributed by atoms with Gasteiger partial charge in [0.2, 0.25) is 0 Å². The van der Waals surface area contributed by atoms with Crippen LogP contribution < -0.4 is 4.18 Å². The number of hydrogen-bond acceptors (Lipinski definition) is 3. The van der Waals surface area contributed by atoms with Crippen molar-refractivity contribution >= 4 is 10.1 Å². The fourth-order valence-corrected chi connectivity index (χ4v) is 1.23. The van der Waals surface area contributed by atoms with Gasteiger partial charge in [-0.2, -0.15) is 21.6 Å². The smallest absolute Gasteiger partial charge is 0.376 e. The summed E-state index contributed by atoms with van der Waals surface area (Å²) < 4.78 is 60.6. The van der Waals surface area contributed by atoms with Gasteiger partial charge < -0.3 is 4.18 Å². The average Bonchev–Trinajstić information content (AvgIpc) is 2.22. The first-order valence-corrected chi connectivity index (χ1v) is 6.20. The quantitative estimate of drug-likeness (QED) is 0.612. The zero-order chi connectivity index (χ0) is 13.7. The molecule has 17 heavy (non-hydrogen) atoms. The molecule has 0 bridgehead atoms. The third-order valence-electron chi connectivity index (χ3n) is 1.51. The van der Waals surface area contributed by atoms with Crippen molar-refractivity contribution in [3.8, 4) is 5.75 Å². The van der Waals surface area contributed by atoms with E-state index in [1.807, 2.05) is 13.8 Å². The number of aryl methyl sites for hydroxylation is 1. The largest absolute Gasteiger partial charge is 0.534 e. The monoisotopic (exact) mass is 270 g/mol. The van der Waals surface area contributed by atoms with Crippen LogP contribution in [-0.2, 0) is 10.1 Å². The minimum atomic E-state index is -5.56. The molecule has 0 aliphatic heterocycles. The Hall–Kier alpha value is -1.24. The molecule has 1 aromatic rings. The van der Waals surface area contributed by atoms with Gasteiger partial charge in [0.1, 0.15) is 5.75 Å². The summed E-state index contributed by atoms with van der Waals surface area (Å²) in [6.45, 7) is 5.71. The molecular weight excluding hydrogens is 257 g/mol. The third kappa shape index (κ3) is 4.64. The van der Waals surface area contributed by atoms with Gasteiger partial charge in [-0.3, -0.25) is 0 Å². The molecule has 7 heteroatoms. The highest BCUT2D eigenvalue weighted by Gasteiger charge is 2.48. The van der Waals surface area contributed by atoms with Gasteiger partial charge >= 0.3 is 15.6 Å². The lowest BCUT2D eigenvalue weighted by Crippen LogP contribution is -2.28. The van der Waals surface area contributed by atoms with E-state index in [0.29, 0.717) is 0 Å². The van der Waals surface area contributed by atoms with Crippen molar-refractivity contribution in [2.75, 3.05) is 0 Å². The second-order valence-electron chi connectivity index (χ2n) is 2.80. The Morgan fingerprint density at radius 1 is 1.06 bits per heavy atom. The lowest BCUT2D eigenvalue weighted by Gasteiger charge is -2.09. The molecule has 98 valence electrons. The van der Waals surface area contributed by atoms with Gasteiger partial charge in [-0.1, -0.05) is 31.5 Å². The predicted octanol–water partition coefficient (Wildman–Crippen LogP) is 3.25. The third-order valence-corrected chi connectivity index (χ3v) is 2.49. The van der Waals surface area contributed by atoms with Crippen molar-refractivity contribution in [2.24, 2.45) is 0 Å². The van der Waals surface area contributed by atoms with E-state index in [4.69, 9.17) is 0 Å². The van der Waals surface area contributed by atoms with Crippen LogP contribution in [0.3, 0.4) is 0 Å². The van der Waals surface area contributed by atoms with E-state index in [-0.39, 0.29) is 5.75 Å². The van der Waals surface area contributed by atoms with Crippen molar-refractivity contribution in [3.63, 3.8) is 0 Å². The lowest BCUT2D eigenvalue weighted by molar-refractivity contribution is -0.0500. The molecular formula is C10H13F3O3S.